The Hall–Kier alpha value is -1.99. The first-order valence-corrected chi connectivity index (χ1v) is 42.6. The smallest absolute Gasteiger partial charge is 0.493 e. The fourth-order valence-electron chi connectivity index (χ4n) is 14.2. The molecular weight excluding hydrogens is 1180 g/mol. The molecule has 3 rings (SSSR count). The van der Waals surface area contributed by atoms with E-state index >= 15 is 0 Å². The molecule has 0 unspecified atom stereocenters. The Labute approximate surface area is 601 Å². The number of hydrogen-bond donors (Lipinski definition) is 0. The Balaban J connectivity index is 0.00000155. The van der Waals surface area contributed by atoms with E-state index in [1.165, 1.54) is 404 Å². The van der Waals surface area contributed by atoms with Crippen molar-refractivity contribution in [2.24, 2.45) is 0 Å². The summed E-state index contributed by atoms with van der Waals surface area (Å²) in [5.41, 5.74) is 25.0. The summed E-state index contributed by atoms with van der Waals surface area (Å²) in [5, 5.41) is 0. The van der Waals surface area contributed by atoms with E-state index < -0.39 is 0 Å². The van der Waals surface area contributed by atoms with Gasteiger partial charge in [0.2, 0.25) is 11.4 Å². The van der Waals surface area contributed by atoms with Gasteiger partial charge < -0.3 is 19.4 Å². The van der Waals surface area contributed by atoms with Gasteiger partial charge in [-0.1, -0.05) is 401 Å². The van der Waals surface area contributed by atoms with E-state index in [-0.39, 0.29) is 16.5 Å². The molecule has 2 aromatic carbocycles. The van der Waals surface area contributed by atoms with Crippen LogP contribution in [0.15, 0.2) is 47.5 Å². The molecule has 1 heterocycles. The second-order valence-corrected chi connectivity index (χ2v) is 29.7. The largest absolute Gasteiger partial charge is 2.00 e. The molecule has 0 saturated carbocycles. The van der Waals surface area contributed by atoms with Gasteiger partial charge in [0, 0.05) is 22.3 Å². The summed E-state index contributed by atoms with van der Waals surface area (Å²) >= 11 is 0. The molecule has 94 heavy (non-hydrogen) atoms. The number of unbranched alkanes of at least 4 members (excludes halogenated alkanes) is 53. The van der Waals surface area contributed by atoms with Gasteiger partial charge in [-0.2, -0.15) is 12.8 Å². The predicted octanol–water partition coefficient (Wildman–Crippen LogP) is 32.6. The van der Waals surface area contributed by atoms with Crippen LogP contribution in [-0.4, -0.2) is 4.70 Å². The molecule has 2 aromatic rings. The zero-order valence-electron chi connectivity index (χ0n) is 65.1. The zero-order chi connectivity index (χ0) is 67.6. The van der Waals surface area contributed by atoms with Gasteiger partial charge in [-0.25, -0.2) is 4.70 Å². The first kappa shape index (κ1) is 92.0. The van der Waals surface area contributed by atoms with E-state index in [9.17, 15) is 5.53 Å². The SMILES string of the molecule is CCCCCCCCc1cc(CCCC)cc(C2=C(C)C(CCCC)=C(c3cc(CCCC)cc(CCCCCCCC)c3)[N+]2=[N-])c1.[CH2-]CCCCCCCCCCCCCCCCCCCCCC.[CH2-]CCCCCCCCCCCCCCCCCCCCCC.[Ni+2]. The third-order valence-corrected chi connectivity index (χ3v) is 20.4. The van der Waals surface area contributed by atoms with E-state index in [0.717, 1.165) is 69.2 Å². The number of hydrogen-bond acceptors (Lipinski definition) is 0. The van der Waals surface area contributed by atoms with Crippen LogP contribution in [0.25, 0.3) is 16.9 Å². The monoisotopic (exact) mass is 1340 g/mol. The summed E-state index contributed by atoms with van der Waals surface area (Å²) in [5.74, 6) is 0. The molecule has 0 atom stereocenters. The van der Waals surface area contributed by atoms with Gasteiger partial charge in [0.05, 0.1) is 0 Å². The molecule has 0 aromatic heterocycles. The molecule has 2 nitrogen and oxygen atoms in total. The summed E-state index contributed by atoms with van der Waals surface area (Å²) in [4.78, 5) is 0. The molecule has 0 fully saturated rings. The van der Waals surface area contributed by atoms with E-state index in [1.54, 1.807) is 4.70 Å². The molecule has 0 bridgehead atoms. The maximum atomic E-state index is 12.2. The molecule has 0 radical (unpaired) electrons. The normalized spacial score (nSPS) is 12.2. The van der Waals surface area contributed by atoms with Crippen molar-refractivity contribution in [2.45, 2.75) is 473 Å². The van der Waals surface area contributed by atoms with Crippen LogP contribution in [0, 0.1) is 13.8 Å². The van der Waals surface area contributed by atoms with Crippen LogP contribution in [0.2, 0.25) is 0 Å². The van der Waals surface area contributed by atoms with Crippen molar-refractivity contribution in [2.75, 3.05) is 0 Å². The molecular formula is C91H164N2Ni. The molecule has 0 saturated heterocycles. The van der Waals surface area contributed by atoms with E-state index in [0.29, 0.717) is 0 Å². The molecule has 548 valence electrons. The summed E-state index contributed by atoms with van der Waals surface area (Å²) in [6.07, 6.45) is 89.0. The molecule has 0 amide bonds. The Morgan fingerprint density at radius 1 is 0.245 bits per heavy atom. The van der Waals surface area contributed by atoms with Crippen molar-refractivity contribution >= 4 is 11.4 Å². The summed E-state index contributed by atoms with van der Waals surface area (Å²) in [6.45, 7) is 26.1. The average Bonchev–Trinajstić information content (AvgIpc) is 1.61. The fourth-order valence-corrected chi connectivity index (χ4v) is 14.2. The maximum absolute atomic E-state index is 12.2. The number of rotatable bonds is 65. The van der Waals surface area contributed by atoms with Crippen LogP contribution in [0.5, 0.6) is 0 Å². The van der Waals surface area contributed by atoms with Crippen molar-refractivity contribution in [1.82, 2.24) is 0 Å². The number of aryl methyl sites for hydroxylation is 4. The fraction of sp³-hybridized carbons (Fsp3) is 0.802. The Kier molecular flexibility index (Phi) is 69.4. The van der Waals surface area contributed by atoms with Gasteiger partial charge >= 0.3 is 16.5 Å². The summed E-state index contributed by atoms with van der Waals surface area (Å²) < 4.78 is 1.60. The van der Waals surface area contributed by atoms with Gasteiger partial charge in [-0.05, 0) is 118 Å². The average molecular weight is 1350 g/mol. The second kappa shape index (κ2) is 70.9. The summed E-state index contributed by atoms with van der Waals surface area (Å²) in [6, 6.07) is 14.5. The van der Waals surface area contributed by atoms with E-state index in [2.05, 4.69) is 106 Å². The zero-order valence-corrected chi connectivity index (χ0v) is 66.0. The van der Waals surface area contributed by atoms with Gasteiger partial charge in [-0.15, -0.1) is 0 Å². The van der Waals surface area contributed by atoms with Crippen LogP contribution in [0.4, 0.5) is 0 Å². The minimum atomic E-state index is 0. The molecule has 1 aliphatic heterocycles. The van der Waals surface area contributed by atoms with Crippen molar-refractivity contribution in [1.29, 1.82) is 0 Å². The van der Waals surface area contributed by atoms with Gasteiger partial charge in [0.25, 0.3) is 0 Å². The molecule has 0 spiro atoms. The predicted molar refractivity (Wildman–Crippen MR) is 423 cm³/mol. The van der Waals surface area contributed by atoms with Crippen molar-refractivity contribution < 1.29 is 21.2 Å². The minimum absolute atomic E-state index is 0. The molecule has 3 heteroatoms. The van der Waals surface area contributed by atoms with E-state index in [1.807, 2.05) is 0 Å². The maximum Gasteiger partial charge on any atom is 2.00 e. The van der Waals surface area contributed by atoms with Crippen LogP contribution in [0.3, 0.4) is 0 Å². The third-order valence-electron chi connectivity index (χ3n) is 20.4. The number of nitrogens with zero attached hydrogens (tertiary/aromatic N) is 2. The van der Waals surface area contributed by atoms with Gasteiger partial charge in [0.1, 0.15) is 0 Å². The Morgan fingerprint density at radius 2 is 0.436 bits per heavy atom. The second-order valence-electron chi connectivity index (χ2n) is 29.7. The minimum Gasteiger partial charge on any atom is -0.493 e. The van der Waals surface area contributed by atoms with Crippen LogP contribution in [0.1, 0.15) is 480 Å². The van der Waals surface area contributed by atoms with Crippen molar-refractivity contribution in [3.8, 4) is 0 Å². The van der Waals surface area contributed by atoms with Crippen LogP contribution in [-0.2, 0) is 42.2 Å². The van der Waals surface area contributed by atoms with Crippen molar-refractivity contribution in [3.05, 3.63) is 100 Å². The quantitative estimate of drug-likeness (QED) is 0.0273. The molecule has 0 aliphatic carbocycles. The van der Waals surface area contributed by atoms with Crippen LogP contribution < -0.4 is 0 Å². The van der Waals surface area contributed by atoms with E-state index in [4.69, 9.17) is 0 Å². The standard InChI is InChI=1S/C45H70N2.2C23H47.Ni/c1-7-12-17-19-21-23-27-39-30-37(25-14-9-3)32-41(33-39)44-36(6)43(29-16-11-5)45(47(44)46)42-34-38(26-15-10-4)31-40(35-42)28-24-22-20-18-13-8-2;2*1-3-5-7-9-11-13-15-17-19-21-23-22-20-18-16-14-12-10-8-6-4-2;/h30-35H,7-29H2,1-6H3;2*1,3-23H2,2H3;/q;2*-1;+2. The number of benzene rings is 2. The summed E-state index contributed by atoms with van der Waals surface area (Å²) in [7, 11) is 0. The molecule has 0 N–H and O–H groups in total. The Morgan fingerprint density at radius 3 is 0.670 bits per heavy atom. The first-order chi connectivity index (χ1) is 45.8. The van der Waals surface area contributed by atoms with Crippen LogP contribution >= 0.6 is 0 Å². The van der Waals surface area contributed by atoms with Gasteiger partial charge in [-0.3, -0.25) is 0 Å². The Bertz CT molecular complexity index is 1920. The number of allylic oxidation sites excluding steroid dienone is 2. The third kappa shape index (κ3) is 51.2. The topological polar surface area (TPSA) is 25.3 Å². The van der Waals surface area contributed by atoms with Crippen molar-refractivity contribution in [3.63, 3.8) is 0 Å². The van der Waals surface area contributed by atoms with Gasteiger partial charge in [0.15, 0.2) is 0 Å². The first-order valence-electron chi connectivity index (χ1n) is 42.6. The molecule has 1 aliphatic rings.